The van der Waals surface area contributed by atoms with E-state index >= 15 is 0 Å². The molecule has 1 amide bonds. The van der Waals surface area contributed by atoms with Crippen molar-refractivity contribution in [1.29, 1.82) is 0 Å². The van der Waals surface area contributed by atoms with Crippen molar-refractivity contribution in [2.75, 3.05) is 19.5 Å². The molecule has 164 valence electrons. The molecule has 4 rings (SSSR count). The maximum atomic E-state index is 12.3. The van der Waals surface area contributed by atoms with E-state index in [2.05, 4.69) is 20.4 Å². The Hall–Kier alpha value is -4.14. The minimum Gasteiger partial charge on any atom is -0.493 e. The van der Waals surface area contributed by atoms with E-state index in [1.807, 2.05) is 32.2 Å². The van der Waals surface area contributed by atoms with Gasteiger partial charge in [-0.3, -0.25) is 9.48 Å². The number of anilines is 1. The second-order valence-electron chi connectivity index (χ2n) is 7.17. The molecule has 4 aromatic rings. The van der Waals surface area contributed by atoms with Gasteiger partial charge in [-0.2, -0.15) is 5.10 Å². The third-order valence-corrected chi connectivity index (χ3v) is 4.99. The molecule has 2 heterocycles. The molecule has 9 nitrogen and oxygen atoms in total. The zero-order chi connectivity index (χ0) is 22.7. The number of methoxy groups -OCH3 is 2. The number of carbonyl (C=O) groups excluding carboxylic acids is 1. The number of nitrogens with one attached hydrogen (secondary N) is 1. The summed E-state index contributed by atoms with van der Waals surface area (Å²) in [4.78, 5) is 20.8. The highest BCUT2D eigenvalue weighted by molar-refractivity contribution is 5.91. The number of ether oxygens (including phenoxy) is 3. The zero-order valence-corrected chi connectivity index (χ0v) is 18.2. The third-order valence-electron chi connectivity index (χ3n) is 4.99. The number of carbonyl (C=O) groups is 1. The molecule has 0 spiro atoms. The van der Waals surface area contributed by atoms with Crippen molar-refractivity contribution in [3.8, 4) is 23.1 Å². The monoisotopic (exact) mass is 433 g/mol. The van der Waals surface area contributed by atoms with Gasteiger partial charge >= 0.3 is 0 Å². The second kappa shape index (κ2) is 8.93. The van der Waals surface area contributed by atoms with Gasteiger partial charge in [-0.1, -0.05) is 12.1 Å². The van der Waals surface area contributed by atoms with Crippen LogP contribution < -0.4 is 19.5 Å². The summed E-state index contributed by atoms with van der Waals surface area (Å²) in [6.45, 7) is 1.93. The lowest BCUT2D eigenvalue weighted by molar-refractivity contribution is -0.115. The summed E-state index contributed by atoms with van der Waals surface area (Å²) in [6, 6.07) is 12.6. The predicted octanol–water partition coefficient (Wildman–Crippen LogP) is 3.66. The lowest BCUT2D eigenvalue weighted by Crippen LogP contribution is -2.14. The van der Waals surface area contributed by atoms with Crippen LogP contribution in [0.2, 0.25) is 0 Å². The molecule has 0 aliphatic carbocycles. The van der Waals surface area contributed by atoms with E-state index < -0.39 is 0 Å². The first-order chi connectivity index (χ1) is 15.5. The van der Waals surface area contributed by atoms with E-state index in [0.717, 1.165) is 11.3 Å². The van der Waals surface area contributed by atoms with Crippen LogP contribution in [0.15, 0.2) is 48.8 Å². The largest absolute Gasteiger partial charge is 0.493 e. The van der Waals surface area contributed by atoms with Crippen molar-refractivity contribution in [2.24, 2.45) is 7.05 Å². The van der Waals surface area contributed by atoms with Crippen molar-refractivity contribution in [1.82, 2.24) is 19.7 Å². The van der Waals surface area contributed by atoms with Crippen molar-refractivity contribution in [2.45, 2.75) is 13.3 Å². The van der Waals surface area contributed by atoms with Gasteiger partial charge in [-0.25, -0.2) is 9.97 Å². The molecular weight excluding hydrogens is 410 g/mol. The SMILES string of the molecule is COc1cc2ncnc(Oc3ccc(CC(=O)Nc4cc(C)n(C)n4)cc3)c2cc1OC. The van der Waals surface area contributed by atoms with Crippen LogP contribution in [-0.4, -0.2) is 39.9 Å². The highest BCUT2D eigenvalue weighted by atomic mass is 16.5. The van der Waals surface area contributed by atoms with E-state index in [4.69, 9.17) is 14.2 Å². The molecule has 32 heavy (non-hydrogen) atoms. The minimum atomic E-state index is -0.139. The normalized spacial score (nSPS) is 10.8. The summed E-state index contributed by atoms with van der Waals surface area (Å²) in [5.41, 5.74) is 2.49. The highest BCUT2D eigenvalue weighted by Gasteiger charge is 2.13. The number of benzene rings is 2. The smallest absolute Gasteiger partial charge is 0.230 e. The summed E-state index contributed by atoms with van der Waals surface area (Å²) < 4.78 is 18.4. The average Bonchev–Trinajstić information content (AvgIpc) is 3.10. The Morgan fingerprint density at radius 3 is 2.41 bits per heavy atom. The van der Waals surface area contributed by atoms with Gasteiger partial charge in [0.1, 0.15) is 12.1 Å². The van der Waals surface area contributed by atoms with E-state index in [1.165, 1.54) is 6.33 Å². The number of aromatic nitrogens is 4. The Morgan fingerprint density at radius 2 is 1.75 bits per heavy atom. The van der Waals surface area contributed by atoms with Crippen LogP contribution in [0.3, 0.4) is 0 Å². The average molecular weight is 433 g/mol. The molecule has 0 aliphatic rings. The van der Waals surface area contributed by atoms with Crippen molar-refractivity contribution in [3.63, 3.8) is 0 Å². The number of hydrogen-bond acceptors (Lipinski definition) is 7. The molecule has 0 aliphatic heterocycles. The quantitative estimate of drug-likeness (QED) is 0.475. The van der Waals surface area contributed by atoms with E-state index in [-0.39, 0.29) is 12.3 Å². The summed E-state index contributed by atoms with van der Waals surface area (Å²) in [5, 5.41) is 7.74. The maximum absolute atomic E-state index is 12.3. The third kappa shape index (κ3) is 4.46. The number of rotatable bonds is 7. The summed E-state index contributed by atoms with van der Waals surface area (Å²) in [5.74, 6) is 2.52. The summed E-state index contributed by atoms with van der Waals surface area (Å²) in [7, 11) is 4.97. The molecule has 2 aromatic heterocycles. The molecule has 1 N–H and O–H groups in total. The fourth-order valence-electron chi connectivity index (χ4n) is 3.22. The van der Waals surface area contributed by atoms with Gasteiger partial charge in [0.05, 0.1) is 31.5 Å². The molecule has 0 atom stereocenters. The van der Waals surface area contributed by atoms with Crippen LogP contribution in [0.4, 0.5) is 5.82 Å². The van der Waals surface area contributed by atoms with E-state index in [0.29, 0.717) is 39.8 Å². The van der Waals surface area contributed by atoms with Crippen molar-refractivity contribution >= 4 is 22.6 Å². The molecule has 0 saturated heterocycles. The summed E-state index contributed by atoms with van der Waals surface area (Å²) >= 11 is 0. The second-order valence-corrected chi connectivity index (χ2v) is 7.17. The van der Waals surface area contributed by atoms with Gasteiger partial charge in [-0.05, 0) is 30.7 Å². The molecule has 2 aromatic carbocycles. The molecule has 0 bridgehead atoms. The predicted molar refractivity (Wildman–Crippen MR) is 119 cm³/mol. The number of aryl methyl sites for hydroxylation is 2. The first-order valence-electron chi connectivity index (χ1n) is 9.91. The van der Waals surface area contributed by atoms with Gasteiger partial charge in [0, 0.05) is 24.9 Å². The van der Waals surface area contributed by atoms with Crippen LogP contribution >= 0.6 is 0 Å². The van der Waals surface area contributed by atoms with Crippen LogP contribution in [0.25, 0.3) is 10.9 Å². The Morgan fingerprint density at radius 1 is 1.03 bits per heavy atom. The number of nitrogens with zero attached hydrogens (tertiary/aromatic N) is 4. The standard InChI is InChI=1S/C23H23N5O4/c1-14-9-21(27-28(14)2)26-22(29)10-15-5-7-16(8-6-15)32-23-17-11-19(30-3)20(31-4)12-18(17)24-13-25-23/h5-9,11-13H,10H2,1-4H3,(H,26,27,29). The fourth-order valence-corrected chi connectivity index (χ4v) is 3.22. The van der Waals surface area contributed by atoms with Gasteiger partial charge in [0.15, 0.2) is 17.3 Å². The molecule has 9 heteroatoms. The molecule has 0 saturated carbocycles. The fraction of sp³-hybridized carbons (Fsp3) is 0.217. The van der Waals surface area contributed by atoms with Crippen LogP contribution in [0, 0.1) is 6.92 Å². The zero-order valence-electron chi connectivity index (χ0n) is 18.2. The first kappa shape index (κ1) is 21.1. The number of fused-ring (bicyclic) bond motifs is 1. The Bertz CT molecular complexity index is 1250. The molecule has 0 fully saturated rings. The van der Waals surface area contributed by atoms with E-state index in [1.54, 1.807) is 43.2 Å². The lowest BCUT2D eigenvalue weighted by atomic mass is 10.1. The van der Waals surface area contributed by atoms with Crippen LogP contribution in [0.5, 0.6) is 23.1 Å². The topological polar surface area (TPSA) is 100 Å². The van der Waals surface area contributed by atoms with Crippen molar-refractivity contribution < 1.29 is 19.0 Å². The minimum absolute atomic E-state index is 0.139. The number of amides is 1. The molecular formula is C23H23N5O4. The Labute approximate surface area is 185 Å². The summed E-state index contributed by atoms with van der Waals surface area (Å²) in [6.07, 6.45) is 1.66. The van der Waals surface area contributed by atoms with Crippen molar-refractivity contribution in [3.05, 3.63) is 60.0 Å². The number of hydrogen-bond donors (Lipinski definition) is 1. The van der Waals surface area contributed by atoms with Gasteiger partial charge in [0.25, 0.3) is 0 Å². The Balaban J connectivity index is 1.47. The highest BCUT2D eigenvalue weighted by Crippen LogP contribution is 2.35. The maximum Gasteiger partial charge on any atom is 0.230 e. The van der Waals surface area contributed by atoms with Gasteiger partial charge < -0.3 is 19.5 Å². The van der Waals surface area contributed by atoms with Gasteiger partial charge in [0.2, 0.25) is 11.8 Å². The molecule has 0 radical (unpaired) electrons. The van der Waals surface area contributed by atoms with E-state index in [9.17, 15) is 4.79 Å². The van der Waals surface area contributed by atoms with Crippen LogP contribution in [-0.2, 0) is 18.3 Å². The lowest BCUT2D eigenvalue weighted by Gasteiger charge is -2.11. The molecule has 0 unspecified atom stereocenters. The van der Waals surface area contributed by atoms with Crippen LogP contribution in [0.1, 0.15) is 11.3 Å². The Kier molecular flexibility index (Phi) is 5.89. The first-order valence-corrected chi connectivity index (χ1v) is 9.91. The van der Waals surface area contributed by atoms with Gasteiger partial charge in [-0.15, -0.1) is 0 Å².